The Hall–Kier alpha value is -1.61. The van der Waals surface area contributed by atoms with Gasteiger partial charge in [-0.3, -0.25) is 0 Å². The highest BCUT2D eigenvalue weighted by Crippen LogP contribution is 2.30. The van der Waals surface area contributed by atoms with Crippen LogP contribution in [-0.2, 0) is 12.8 Å². The van der Waals surface area contributed by atoms with E-state index in [1.807, 2.05) is 0 Å². The molecule has 0 heterocycles. The summed E-state index contributed by atoms with van der Waals surface area (Å²) < 4.78 is 5.35. The smallest absolute Gasteiger partial charge is 0.119 e. The number of hydrogen-bond donors (Lipinski definition) is 1. The lowest BCUT2D eigenvalue weighted by Crippen LogP contribution is -2.27. The van der Waals surface area contributed by atoms with E-state index in [4.69, 9.17) is 4.74 Å². The van der Waals surface area contributed by atoms with E-state index in [9.17, 15) is 0 Å². The molecule has 2 aromatic rings. The molecule has 2 aromatic carbocycles. The van der Waals surface area contributed by atoms with Crippen LogP contribution in [0.1, 0.15) is 17.5 Å². The van der Waals surface area contributed by atoms with Crippen LogP contribution in [0.15, 0.2) is 47.4 Å². The molecule has 0 radical (unpaired) electrons. The molecule has 0 bridgehead atoms. The van der Waals surface area contributed by atoms with Crippen LogP contribution in [0.2, 0.25) is 0 Å². The number of methoxy groups -OCH3 is 1. The zero-order valence-corrected chi connectivity index (χ0v) is 13.4. The van der Waals surface area contributed by atoms with Crippen molar-refractivity contribution in [1.82, 2.24) is 0 Å². The van der Waals surface area contributed by atoms with Crippen LogP contribution < -0.4 is 10.1 Å². The SMILES string of the molecule is COc1ccc2c(c1)CC(Nc1ccccc1SC)CC2. The molecule has 21 heavy (non-hydrogen) atoms. The van der Waals surface area contributed by atoms with Crippen molar-refractivity contribution in [2.75, 3.05) is 18.7 Å². The highest BCUT2D eigenvalue weighted by molar-refractivity contribution is 7.98. The fraction of sp³-hybridized carbons (Fsp3) is 0.333. The molecule has 0 spiro atoms. The molecule has 0 aromatic heterocycles. The van der Waals surface area contributed by atoms with Crippen molar-refractivity contribution >= 4 is 17.4 Å². The maximum atomic E-state index is 5.35. The lowest BCUT2D eigenvalue weighted by molar-refractivity contribution is 0.413. The summed E-state index contributed by atoms with van der Waals surface area (Å²) >= 11 is 1.79. The number of benzene rings is 2. The third-order valence-electron chi connectivity index (χ3n) is 4.11. The van der Waals surface area contributed by atoms with Gasteiger partial charge in [0.2, 0.25) is 0 Å². The molecule has 3 heteroatoms. The lowest BCUT2D eigenvalue weighted by atomic mass is 9.88. The Labute approximate surface area is 130 Å². The fourth-order valence-electron chi connectivity index (χ4n) is 2.97. The van der Waals surface area contributed by atoms with E-state index in [0.29, 0.717) is 6.04 Å². The van der Waals surface area contributed by atoms with Gasteiger partial charge in [0.15, 0.2) is 0 Å². The summed E-state index contributed by atoms with van der Waals surface area (Å²) in [5.74, 6) is 0.957. The second-order valence-corrected chi connectivity index (χ2v) is 6.27. The van der Waals surface area contributed by atoms with Crippen molar-refractivity contribution in [3.8, 4) is 5.75 Å². The number of hydrogen-bond acceptors (Lipinski definition) is 3. The maximum absolute atomic E-state index is 5.35. The summed E-state index contributed by atoms with van der Waals surface area (Å²) in [7, 11) is 1.73. The summed E-state index contributed by atoms with van der Waals surface area (Å²) in [6.07, 6.45) is 5.51. The number of nitrogens with one attached hydrogen (secondary N) is 1. The molecule has 0 amide bonds. The molecule has 1 aliphatic carbocycles. The van der Waals surface area contributed by atoms with Gasteiger partial charge >= 0.3 is 0 Å². The molecule has 0 saturated carbocycles. The molecule has 1 atom stereocenters. The standard InChI is InChI=1S/C18H21NOS/c1-20-16-10-8-13-7-9-15(11-14(13)12-16)19-17-5-3-4-6-18(17)21-2/h3-6,8,10,12,15,19H,7,9,11H2,1-2H3. The Bertz CT molecular complexity index is 626. The van der Waals surface area contributed by atoms with Crippen LogP contribution in [0.4, 0.5) is 5.69 Å². The van der Waals surface area contributed by atoms with Gasteiger partial charge in [0.05, 0.1) is 7.11 Å². The van der Waals surface area contributed by atoms with Crippen molar-refractivity contribution < 1.29 is 4.74 Å². The number of fused-ring (bicyclic) bond motifs is 1. The first-order valence-corrected chi connectivity index (χ1v) is 8.58. The summed E-state index contributed by atoms with van der Waals surface area (Å²) in [6.45, 7) is 0. The van der Waals surface area contributed by atoms with Crippen LogP contribution in [0, 0.1) is 0 Å². The summed E-state index contributed by atoms with van der Waals surface area (Å²) in [4.78, 5) is 1.31. The van der Waals surface area contributed by atoms with E-state index >= 15 is 0 Å². The minimum absolute atomic E-state index is 0.498. The number of thioether (sulfide) groups is 1. The van der Waals surface area contributed by atoms with Gasteiger partial charge in [0.25, 0.3) is 0 Å². The predicted molar refractivity (Wildman–Crippen MR) is 90.7 cm³/mol. The third-order valence-corrected chi connectivity index (χ3v) is 4.90. The molecule has 1 aliphatic rings. The van der Waals surface area contributed by atoms with Crippen molar-refractivity contribution in [1.29, 1.82) is 0 Å². The van der Waals surface area contributed by atoms with Gasteiger partial charge < -0.3 is 10.1 Å². The molecule has 1 unspecified atom stereocenters. The van der Waals surface area contributed by atoms with Gasteiger partial charge in [-0.25, -0.2) is 0 Å². The summed E-state index contributed by atoms with van der Waals surface area (Å²) in [5.41, 5.74) is 4.13. The molecular weight excluding hydrogens is 278 g/mol. The fourth-order valence-corrected chi connectivity index (χ4v) is 3.53. The molecule has 2 nitrogen and oxygen atoms in total. The number of rotatable bonds is 4. The minimum Gasteiger partial charge on any atom is -0.497 e. The predicted octanol–water partition coefficient (Wildman–Crippen LogP) is 4.39. The largest absolute Gasteiger partial charge is 0.497 e. The monoisotopic (exact) mass is 299 g/mol. The quantitative estimate of drug-likeness (QED) is 0.846. The van der Waals surface area contributed by atoms with E-state index < -0.39 is 0 Å². The molecule has 0 aliphatic heterocycles. The van der Waals surface area contributed by atoms with E-state index in [1.54, 1.807) is 18.9 Å². The second kappa shape index (κ2) is 6.44. The molecular formula is C18H21NOS. The van der Waals surface area contributed by atoms with Crippen LogP contribution in [-0.4, -0.2) is 19.4 Å². The molecule has 110 valence electrons. The molecule has 0 saturated heterocycles. The maximum Gasteiger partial charge on any atom is 0.119 e. The molecule has 0 fully saturated rings. The zero-order valence-electron chi connectivity index (χ0n) is 12.6. The zero-order chi connectivity index (χ0) is 14.7. The third kappa shape index (κ3) is 3.18. The van der Waals surface area contributed by atoms with E-state index in [2.05, 4.69) is 54.0 Å². The molecule has 3 rings (SSSR count). The number of aryl methyl sites for hydroxylation is 1. The Morgan fingerprint density at radius 2 is 2.00 bits per heavy atom. The van der Waals surface area contributed by atoms with Gasteiger partial charge in [-0.05, 0) is 60.9 Å². The second-order valence-electron chi connectivity index (χ2n) is 5.42. The topological polar surface area (TPSA) is 21.3 Å². The van der Waals surface area contributed by atoms with Crippen molar-refractivity contribution in [3.63, 3.8) is 0 Å². The van der Waals surface area contributed by atoms with Crippen molar-refractivity contribution in [2.24, 2.45) is 0 Å². The highest BCUT2D eigenvalue weighted by atomic mass is 32.2. The number of anilines is 1. The van der Waals surface area contributed by atoms with E-state index in [1.165, 1.54) is 28.1 Å². The van der Waals surface area contributed by atoms with E-state index in [0.717, 1.165) is 18.6 Å². The first-order valence-electron chi connectivity index (χ1n) is 7.35. The van der Waals surface area contributed by atoms with Gasteiger partial charge in [-0.1, -0.05) is 18.2 Å². The average Bonchev–Trinajstić information content (AvgIpc) is 2.54. The highest BCUT2D eigenvalue weighted by Gasteiger charge is 2.19. The minimum atomic E-state index is 0.498. The van der Waals surface area contributed by atoms with Gasteiger partial charge in [-0.15, -0.1) is 11.8 Å². The summed E-state index contributed by atoms with van der Waals surface area (Å²) in [6, 6.07) is 15.5. The Morgan fingerprint density at radius 3 is 2.81 bits per heavy atom. The van der Waals surface area contributed by atoms with Crippen LogP contribution in [0.5, 0.6) is 5.75 Å². The Kier molecular flexibility index (Phi) is 4.39. The van der Waals surface area contributed by atoms with Gasteiger partial charge in [0.1, 0.15) is 5.75 Å². The number of para-hydroxylation sites is 1. The number of ether oxygens (including phenoxy) is 1. The summed E-state index contributed by atoms with van der Waals surface area (Å²) in [5, 5.41) is 3.72. The molecule has 1 N–H and O–H groups in total. The normalized spacial score (nSPS) is 17.1. The first-order chi connectivity index (χ1) is 10.3. The van der Waals surface area contributed by atoms with Crippen LogP contribution >= 0.6 is 11.8 Å². The van der Waals surface area contributed by atoms with Gasteiger partial charge in [0, 0.05) is 16.6 Å². The van der Waals surface area contributed by atoms with Crippen LogP contribution in [0.3, 0.4) is 0 Å². The van der Waals surface area contributed by atoms with Gasteiger partial charge in [-0.2, -0.15) is 0 Å². The van der Waals surface area contributed by atoms with E-state index in [-0.39, 0.29) is 0 Å². The van der Waals surface area contributed by atoms with Crippen molar-refractivity contribution in [3.05, 3.63) is 53.6 Å². The first kappa shape index (κ1) is 14.3. The lowest BCUT2D eigenvalue weighted by Gasteiger charge is -2.27. The van der Waals surface area contributed by atoms with Crippen molar-refractivity contribution in [2.45, 2.75) is 30.2 Å². The average molecular weight is 299 g/mol. The Morgan fingerprint density at radius 1 is 1.14 bits per heavy atom. The van der Waals surface area contributed by atoms with Crippen LogP contribution in [0.25, 0.3) is 0 Å². The Balaban J connectivity index is 1.76.